The zero-order valence-corrected chi connectivity index (χ0v) is 12.3. The van der Waals surface area contributed by atoms with Crippen LogP contribution in [0.5, 0.6) is 0 Å². The number of rotatable bonds is 5. The summed E-state index contributed by atoms with van der Waals surface area (Å²) in [6, 6.07) is 1.86. The molecule has 1 fully saturated rings. The maximum atomic E-state index is 10.3. The van der Waals surface area contributed by atoms with Crippen molar-refractivity contribution in [2.75, 3.05) is 11.9 Å². The summed E-state index contributed by atoms with van der Waals surface area (Å²) in [5.41, 5.74) is -0.553. The third-order valence-corrected chi connectivity index (χ3v) is 3.75. The van der Waals surface area contributed by atoms with Crippen LogP contribution in [-0.4, -0.2) is 27.2 Å². The number of aliphatic hydroxyl groups is 1. The predicted molar refractivity (Wildman–Crippen MR) is 75.6 cm³/mol. The van der Waals surface area contributed by atoms with E-state index < -0.39 is 5.60 Å². The molecule has 1 aliphatic carbocycles. The van der Waals surface area contributed by atoms with E-state index in [1.165, 1.54) is 0 Å². The van der Waals surface area contributed by atoms with Gasteiger partial charge in [0.15, 0.2) is 0 Å². The molecule has 100 valence electrons. The first kappa shape index (κ1) is 13.7. The summed E-state index contributed by atoms with van der Waals surface area (Å²) in [4.78, 5) is 8.78. The molecule has 1 heterocycles. The van der Waals surface area contributed by atoms with Gasteiger partial charge < -0.3 is 10.4 Å². The van der Waals surface area contributed by atoms with Crippen molar-refractivity contribution in [2.24, 2.45) is 0 Å². The molecule has 5 heteroatoms. The minimum atomic E-state index is -0.553. The molecule has 0 bridgehead atoms. The number of hydrogen-bond donors (Lipinski definition) is 2. The highest BCUT2D eigenvalue weighted by molar-refractivity contribution is 9.10. The van der Waals surface area contributed by atoms with E-state index in [-0.39, 0.29) is 0 Å². The summed E-state index contributed by atoms with van der Waals surface area (Å²) >= 11 is 3.40. The first-order valence-electron chi connectivity index (χ1n) is 6.61. The average Bonchev–Trinajstić information content (AvgIpc) is 2.74. The molecule has 2 rings (SSSR count). The fourth-order valence-electron chi connectivity index (χ4n) is 2.36. The number of aryl methyl sites for hydroxylation is 1. The average molecular weight is 314 g/mol. The molecule has 18 heavy (non-hydrogen) atoms. The van der Waals surface area contributed by atoms with Crippen LogP contribution in [0.1, 0.15) is 44.9 Å². The zero-order chi connectivity index (χ0) is 13.0. The summed E-state index contributed by atoms with van der Waals surface area (Å²) < 4.78 is 0.793. The SMILES string of the molecule is CCCc1nc(Br)cc(NCC2(O)CCCC2)n1. The molecule has 1 saturated carbocycles. The van der Waals surface area contributed by atoms with Gasteiger partial charge in [-0.05, 0) is 35.2 Å². The van der Waals surface area contributed by atoms with E-state index in [9.17, 15) is 5.11 Å². The lowest BCUT2D eigenvalue weighted by Crippen LogP contribution is -2.33. The van der Waals surface area contributed by atoms with Crippen LogP contribution in [0, 0.1) is 0 Å². The van der Waals surface area contributed by atoms with Gasteiger partial charge in [-0.15, -0.1) is 0 Å². The molecular formula is C13H20BrN3O. The minimum absolute atomic E-state index is 0.553. The smallest absolute Gasteiger partial charge is 0.132 e. The maximum Gasteiger partial charge on any atom is 0.132 e. The van der Waals surface area contributed by atoms with Crippen LogP contribution in [0.2, 0.25) is 0 Å². The largest absolute Gasteiger partial charge is 0.388 e. The van der Waals surface area contributed by atoms with Crippen molar-refractivity contribution < 1.29 is 5.11 Å². The van der Waals surface area contributed by atoms with Crippen molar-refractivity contribution in [2.45, 2.75) is 51.0 Å². The van der Waals surface area contributed by atoms with E-state index >= 15 is 0 Å². The van der Waals surface area contributed by atoms with Gasteiger partial charge in [0.25, 0.3) is 0 Å². The van der Waals surface area contributed by atoms with Crippen LogP contribution in [-0.2, 0) is 6.42 Å². The molecule has 0 atom stereocenters. The van der Waals surface area contributed by atoms with Gasteiger partial charge in [-0.25, -0.2) is 9.97 Å². The summed E-state index contributed by atoms with van der Waals surface area (Å²) in [5, 5.41) is 13.5. The second-order valence-corrected chi connectivity index (χ2v) is 5.84. The van der Waals surface area contributed by atoms with Gasteiger partial charge in [-0.2, -0.15) is 0 Å². The van der Waals surface area contributed by atoms with Crippen LogP contribution in [0.4, 0.5) is 5.82 Å². The molecule has 4 nitrogen and oxygen atoms in total. The number of aromatic nitrogens is 2. The number of nitrogens with zero attached hydrogens (tertiary/aromatic N) is 2. The Morgan fingerprint density at radius 1 is 1.39 bits per heavy atom. The Morgan fingerprint density at radius 2 is 2.11 bits per heavy atom. The third kappa shape index (κ3) is 3.65. The highest BCUT2D eigenvalue weighted by Gasteiger charge is 2.30. The monoisotopic (exact) mass is 313 g/mol. The van der Waals surface area contributed by atoms with Gasteiger partial charge in [-0.1, -0.05) is 19.8 Å². The molecule has 0 aromatic carbocycles. The first-order valence-corrected chi connectivity index (χ1v) is 7.40. The lowest BCUT2D eigenvalue weighted by molar-refractivity contribution is 0.0614. The van der Waals surface area contributed by atoms with Crippen LogP contribution in [0.25, 0.3) is 0 Å². The Bertz CT molecular complexity index is 405. The molecule has 1 aromatic rings. The maximum absolute atomic E-state index is 10.3. The second kappa shape index (κ2) is 5.97. The van der Waals surface area contributed by atoms with E-state index in [0.29, 0.717) is 6.54 Å². The van der Waals surface area contributed by atoms with Gasteiger partial charge in [0.05, 0.1) is 5.60 Å². The molecule has 1 aromatic heterocycles. The fourth-order valence-corrected chi connectivity index (χ4v) is 2.78. The van der Waals surface area contributed by atoms with Crippen molar-refractivity contribution >= 4 is 21.7 Å². The van der Waals surface area contributed by atoms with Crippen LogP contribution in [0.3, 0.4) is 0 Å². The summed E-state index contributed by atoms with van der Waals surface area (Å²) in [5.74, 6) is 1.63. The van der Waals surface area contributed by atoms with Crippen LogP contribution >= 0.6 is 15.9 Å². The van der Waals surface area contributed by atoms with Crippen molar-refractivity contribution in [3.05, 3.63) is 16.5 Å². The summed E-state index contributed by atoms with van der Waals surface area (Å²) in [7, 11) is 0. The lowest BCUT2D eigenvalue weighted by atomic mass is 10.0. The Morgan fingerprint density at radius 3 is 2.78 bits per heavy atom. The summed E-state index contributed by atoms with van der Waals surface area (Å²) in [6.45, 7) is 2.68. The normalized spacial score (nSPS) is 17.9. The van der Waals surface area contributed by atoms with Gasteiger partial charge in [0.1, 0.15) is 16.2 Å². The Kier molecular flexibility index (Phi) is 4.56. The standard InChI is InChI=1S/C13H20BrN3O/c1-2-5-11-16-10(14)8-12(17-11)15-9-13(18)6-3-4-7-13/h8,18H,2-7,9H2,1H3,(H,15,16,17). The highest BCUT2D eigenvalue weighted by atomic mass is 79.9. The predicted octanol–water partition coefficient (Wildman–Crippen LogP) is 2.91. The number of halogens is 1. The molecule has 2 N–H and O–H groups in total. The topological polar surface area (TPSA) is 58.0 Å². The first-order chi connectivity index (χ1) is 8.61. The third-order valence-electron chi connectivity index (χ3n) is 3.35. The van der Waals surface area contributed by atoms with E-state index in [2.05, 4.69) is 38.1 Å². The fraction of sp³-hybridized carbons (Fsp3) is 0.692. The Hall–Kier alpha value is -0.680. The van der Waals surface area contributed by atoms with Crippen molar-refractivity contribution in [1.82, 2.24) is 9.97 Å². The van der Waals surface area contributed by atoms with Crippen LogP contribution < -0.4 is 5.32 Å². The Balaban J connectivity index is 2.00. The number of anilines is 1. The van der Waals surface area contributed by atoms with E-state index in [1.54, 1.807) is 0 Å². The molecule has 0 saturated heterocycles. The molecule has 0 unspecified atom stereocenters. The molecule has 1 aliphatic rings. The van der Waals surface area contributed by atoms with Crippen molar-refractivity contribution in [3.63, 3.8) is 0 Å². The van der Waals surface area contributed by atoms with E-state index in [1.807, 2.05) is 6.07 Å². The van der Waals surface area contributed by atoms with Crippen molar-refractivity contribution in [1.29, 1.82) is 0 Å². The van der Waals surface area contributed by atoms with Crippen LogP contribution in [0.15, 0.2) is 10.7 Å². The quantitative estimate of drug-likeness (QED) is 0.821. The zero-order valence-electron chi connectivity index (χ0n) is 10.7. The molecule has 0 radical (unpaired) electrons. The molecule has 0 aliphatic heterocycles. The summed E-state index contributed by atoms with van der Waals surface area (Å²) in [6.07, 6.45) is 5.90. The van der Waals surface area contributed by atoms with E-state index in [4.69, 9.17) is 0 Å². The molecule has 0 amide bonds. The van der Waals surface area contributed by atoms with Gasteiger partial charge >= 0.3 is 0 Å². The van der Waals surface area contributed by atoms with Gasteiger partial charge in [-0.3, -0.25) is 0 Å². The van der Waals surface area contributed by atoms with Crippen molar-refractivity contribution in [3.8, 4) is 0 Å². The highest BCUT2D eigenvalue weighted by Crippen LogP contribution is 2.29. The molecular weight excluding hydrogens is 294 g/mol. The van der Waals surface area contributed by atoms with E-state index in [0.717, 1.165) is 54.8 Å². The number of hydrogen-bond acceptors (Lipinski definition) is 4. The minimum Gasteiger partial charge on any atom is -0.388 e. The van der Waals surface area contributed by atoms with Gasteiger partial charge in [0.2, 0.25) is 0 Å². The molecule has 0 spiro atoms. The second-order valence-electron chi connectivity index (χ2n) is 5.03. The van der Waals surface area contributed by atoms with Gasteiger partial charge in [0, 0.05) is 19.0 Å². The lowest BCUT2D eigenvalue weighted by Gasteiger charge is -2.22. The number of nitrogens with one attached hydrogen (secondary N) is 1. The Labute approximate surface area is 116 Å².